The number of aliphatic imine (C=N–C) groups is 1. The van der Waals surface area contributed by atoms with Gasteiger partial charge in [0.2, 0.25) is 0 Å². The van der Waals surface area contributed by atoms with Crippen molar-refractivity contribution in [3.8, 4) is 0 Å². The van der Waals surface area contributed by atoms with E-state index in [-0.39, 0.29) is 0 Å². The van der Waals surface area contributed by atoms with Gasteiger partial charge in [0.1, 0.15) is 12.0 Å². The third-order valence-electron chi connectivity index (χ3n) is 4.56. The molecule has 2 unspecified atom stereocenters. The first kappa shape index (κ1) is 15.6. The smallest absolute Gasteiger partial charge is 0.193 e. The summed E-state index contributed by atoms with van der Waals surface area (Å²) < 4.78 is 4.86. The minimum atomic E-state index is 0.594. The third-order valence-corrected chi connectivity index (χ3v) is 4.56. The Morgan fingerprint density at radius 2 is 2.17 bits per heavy atom. The molecule has 0 saturated carbocycles. The molecule has 2 atom stereocenters. The van der Waals surface area contributed by atoms with Crippen molar-refractivity contribution >= 4 is 5.96 Å². The maximum Gasteiger partial charge on any atom is 0.193 e. The van der Waals surface area contributed by atoms with Gasteiger partial charge in [0.05, 0.1) is 6.54 Å². The summed E-state index contributed by atoms with van der Waals surface area (Å²) in [5.41, 5.74) is 2.34. The maximum atomic E-state index is 4.86. The second-order valence-corrected chi connectivity index (χ2v) is 6.12. The number of rotatable bonds is 3. The average Bonchev–Trinajstić information content (AvgIpc) is 3.10. The van der Waals surface area contributed by atoms with Gasteiger partial charge in [-0.25, -0.2) is 0 Å². The van der Waals surface area contributed by atoms with Crippen molar-refractivity contribution in [2.24, 2.45) is 10.9 Å². The second-order valence-electron chi connectivity index (χ2n) is 6.12. The number of nitrogens with one attached hydrogen (secondary N) is 1. The average molecular weight is 312 g/mol. The highest BCUT2D eigenvalue weighted by atomic mass is 16.5. The molecule has 23 heavy (non-hydrogen) atoms. The number of aromatic nitrogens is 1. The van der Waals surface area contributed by atoms with Gasteiger partial charge in [0.25, 0.3) is 0 Å². The Morgan fingerprint density at radius 3 is 2.83 bits per heavy atom. The first-order chi connectivity index (χ1) is 11.3. The van der Waals surface area contributed by atoms with Crippen LogP contribution in [0.4, 0.5) is 0 Å². The molecule has 0 spiro atoms. The molecule has 1 aliphatic heterocycles. The highest BCUT2D eigenvalue weighted by Crippen LogP contribution is 2.32. The highest BCUT2D eigenvalue weighted by molar-refractivity contribution is 5.80. The molecule has 0 aliphatic carbocycles. The van der Waals surface area contributed by atoms with E-state index in [1.165, 1.54) is 5.56 Å². The van der Waals surface area contributed by atoms with E-state index < -0.39 is 0 Å². The molecule has 1 aliphatic rings. The molecule has 5 nitrogen and oxygen atoms in total. The Bertz CT molecular complexity index is 624. The van der Waals surface area contributed by atoms with E-state index in [0.29, 0.717) is 18.4 Å². The van der Waals surface area contributed by atoms with Crippen molar-refractivity contribution in [2.75, 3.05) is 20.1 Å². The van der Waals surface area contributed by atoms with Crippen LogP contribution in [0.5, 0.6) is 0 Å². The molecular weight excluding hydrogens is 288 g/mol. The van der Waals surface area contributed by atoms with Crippen molar-refractivity contribution < 1.29 is 4.52 Å². The summed E-state index contributed by atoms with van der Waals surface area (Å²) in [6, 6.07) is 12.7. The van der Waals surface area contributed by atoms with Crippen LogP contribution in [0, 0.1) is 5.92 Å². The van der Waals surface area contributed by atoms with Crippen molar-refractivity contribution in [1.29, 1.82) is 0 Å². The molecule has 0 amide bonds. The van der Waals surface area contributed by atoms with Crippen LogP contribution in [0.3, 0.4) is 0 Å². The zero-order chi connectivity index (χ0) is 16.1. The molecule has 0 radical (unpaired) electrons. The molecule has 3 rings (SSSR count). The van der Waals surface area contributed by atoms with Gasteiger partial charge in [0.15, 0.2) is 5.96 Å². The number of nitrogens with zero attached hydrogens (tertiary/aromatic N) is 3. The summed E-state index contributed by atoms with van der Waals surface area (Å²) in [4.78, 5) is 6.75. The van der Waals surface area contributed by atoms with E-state index in [9.17, 15) is 0 Å². The summed E-state index contributed by atoms with van der Waals surface area (Å²) in [5.74, 6) is 2.16. The minimum Gasteiger partial charge on any atom is -0.364 e. The van der Waals surface area contributed by atoms with Gasteiger partial charge in [-0.1, -0.05) is 42.4 Å². The summed E-state index contributed by atoms with van der Waals surface area (Å²) in [7, 11) is 1.83. The van der Waals surface area contributed by atoms with Crippen LogP contribution < -0.4 is 5.32 Å². The zero-order valence-corrected chi connectivity index (χ0v) is 13.8. The van der Waals surface area contributed by atoms with Crippen LogP contribution in [0.25, 0.3) is 0 Å². The summed E-state index contributed by atoms with van der Waals surface area (Å²) in [6.45, 7) is 4.99. The van der Waals surface area contributed by atoms with Crippen LogP contribution in [0.15, 0.2) is 52.2 Å². The Kier molecular flexibility index (Phi) is 4.95. The van der Waals surface area contributed by atoms with Crippen LogP contribution in [-0.4, -0.2) is 36.2 Å². The van der Waals surface area contributed by atoms with E-state index in [0.717, 1.165) is 31.2 Å². The molecule has 122 valence electrons. The number of piperidine rings is 1. The van der Waals surface area contributed by atoms with E-state index in [1.54, 1.807) is 6.26 Å². The summed E-state index contributed by atoms with van der Waals surface area (Å²) in [5, 5.41) is 7.29. The number of benzene rings is 1. The van der Waals surface area contributed by atoms with Crippen LogP contribution >= 0.6 is 0 Å². The largest absolute Gasteiger partial charge is 0.364 e. The fourth-order valence-corrected chi connectivity index (χ4v) is 3.36. The first-order valence-corrected chi connectivity index (χ1v) is 8.17. The topological polar surface area (TPSA) is 53.7 Å². The van der Waals surface area contributed by atoms with E-state index in [1.807, 2.05) is 13.1 Å². The molecule has 1 N–H and O–H groups in total. The number of hydrogen-bond donors (Lipinski definition) is 1. The zero-order valence-electron chi connectivity index (χ0n) is 13.8. The van der Waals surface area contributed by atoms with Gasteiger partial charge in [-0.2, -0.15) is 0 Å². The first-order valence-electron chi connectivity index (χ1n) is 8.17. The van der Waals surface area contributed by atoms with Crippen molar-refractivity contribution in [3.63, 3.8) is 0 Å². The summed E-state index contributed by atoms with van der Waals surface area (Å²) in [6.07, 6.45) is 2.74. The number of hydrogen-bond acceptors (Lipinski definition) is 3. The Balaban J connectivity index is 1.59. The monoisotopic (exact) mass is 312 g/mol. The highest BCUT2D eigenvalue weighted by Gasteiger charge is 2.28. The predicted molar refractivity (Wildman–Crippen MR) is 91.2 cm³/mol. The van der Waals surface area contributed by atoms with Crippen LogP contribution in [0.2, 0.25) is 0 Å². The van der Waals surface area contributed by atoms with Gasteiger partial charge in [-0.05, 0) is 23.8 Å². The Labute approximate surface area is 137 Å². The predicted octanol–water partition coefficient (Wildman–Crippen LogP) is 2.88. The van der Waals surface area contributed by atoms with Gasteiger partial charge >= 0.3 is 0 Å². The molecular formula is C18H24N4O. The second kappa shape index (κ2) is 7.31. The molecule has 2 heterocycles. The lowest BCUT2D eigenvalue weighted by Crippen LogP contribution is -2.47. The lowest BCUT2D eigenvalue weighted by atomic mass is 9.82. The fourth-order valence-electron chi connectivity index (χ4n) is 3.36. The molecule has 1 aromatic heterocycles. The van der Waals surface area contributed by atoms with E-state index in [2.05, 4.69) is 57.6 Å². The standard InChI is InChI=1S/C18H24N4O/c1-14-13-22(10-8-17(14)15-6-4-3-5-7-15)18(19-2)20-12-16-9-11-23-21-16/h3-7,9,11,14,17H,8,10,12-13H2,1-2H3,(H,19,20). The number of likely N-dealkylation sites (tertiary alicyclic amines) is 1. The molecule has 1 aromatic carbocycles. The quantitative estimate of drug-likeness (QED) is 0.699. The molecule has 2 aromatic rings. The molecule has 1 fully saturated rings. The van der Waals surface area contributed by atoms with Gasteiger partial charge < -0.3 is 14.7 Å². The Morgan fingerprint density at radius 1 is 1.35 bits per heavy atom. The number of guanidine groups is 1. The van der Waals surface area contributed by atoms with E-state index in [4.69, 9.17) is 4.52 Å². The van der Waals surface area contributed by atoms with Gasteiger partial charge in [0, 0.05) is 26.2 Å². The molecule has 0 bridgehead atoms. The minimum absolute atomic E-state index is 0.594. The maximum absolute atomic E-state index is 4.86. The SMILES string of the molecule is CN=C(NCc1ccon1)N1CCC(c2ccccc2)C(C)C1. The van der Waals surface area contributed by atoms with Crippen molar-refractivity contribution in [3.05, 3.63) is 53.9 Å². The molecule has 5 heteroatoms. The lowest BCUT2D eigenvalue weighted by molar-refractivity contribution is 0.234. The van der Waals surface area contributed by atoms with Crippen LogP contribution in [-0.2, 0) is 6.54 Å². The van der Waals surface area contributed by atoms with E-state index >= 15 is 0 Å². The van der Waals surface area contributed by atoms with Crippen LogP contribution in [0.1, 0.15) is 30.5 Å². The van der Waals surface area contributed by atoms with Crippen molar-refractivity contribution in [1.82, 2.24) is 15.4 Å². The fraction of sp³-hybridized carbons (Fsp3) is 0.444. The third kappa shape index (κ3) is 3.73. The van der Waals surface area contributed by atoms with Crippen molar-refractivity contribution in [2.45, 2.75) is 25.8 Å². The summed E-state index contributed by atoms with van der Waals surface area (Å²) >= 11 is 0. The van der Waals surface area contributed by atoms with Gasteiger partial charge in [-0.15, -0.1) is 0 Å². The Hall–Kier alpha value is -2.30. The normalized spacial score (nSPS) is 22.2. The molecule has 1 saturated heterocycles. The lowest BCUT2D eigenvalue weighted by Gasteiger charge is -2.38. The van der Waals surface area contributed by atoms with Gasteiger partial charge in [-0.3, -0.25) is 4.99 Å².